The number of carbonyl (C=O) groups is 1. The van der Waals surface area contributed by atoms with Crippen molar-refractivity contribution in [3.63, 3.8) is 0 Å². The number of hydrogen-bond donors (Lipinski definition) is 1. The smallest absolute Gasteiger partial charge is 0.357 e. The Kier molecular flexibility index (Phi) is 3.26. The maximum absolute atomic E-state index is 11.8. The maximum atomic E-state index is 11.8. The third-order valence-electron chi connectivity index (χ3n) is 2.26. The van der Waals surface area contributed by atoms with E-state index in [4.69, 9.17) is 15.2 Å². The van der Waals surface area contributed by atoms with E-state index in [0.717, 1.165) is 6.08 Å². The molecule has 0 unspecified atom stereocenters. The van der Waals surface area contributed by atoms with Crippen molar-refractivity contribution in [2.24, 2.45) is 10.1 Å². The van der Waals surface area contributed by atoms with Gasteiger partial charge in [0.25, 0.3) is 10.0 Å². The van der Waals surface area contributed by atoms with Crippen LogP contribution in [0.2, 0.25) is 0 Å². The number of carbonyl (C=O) groups excluding carboxylic acids is 1. The van der Waals surface area contributed by atoms with Crippen molar-refractivity contribution < 1.29 is 22.7 Å². The van der Waals surface area contributed by atoms with Gasteiger partial charge >= 0.3 is 5.97 Å². The van der Waals surface area contributed by atoms with Gasteiger partial charge in [-0.1, -0.05) is 12.1 Å². The van der Waals surface area contributed by atoms with Crippen LogP contribution in [0.4, 0.5) is 0 Å². The number of nitrogens with zero attached hydrogens (tertiary/aromatic N) is 1. The zero-order valence-electron chi connectivity index (χ0n) is 9.86. The molecule has 19 heavy (non-hydrogen) atoms. The molecule has 0 atom stereocenters. The summed E-state index contributed by atoms with van der Waals surface area (Å²) in [5, 5.41) is 0. The van der Waals surface area contributed by atoms with Gasteiger partial charge in [0, 0.05) is 6.08 Å². The van der Waals surface area contributed by atoms with Crippen molar-refractivity contribution in [3.8, 4) is 11.5 Å². The normalized spacial score (nSPS) is 16.5. The van der Waals surface area contributed by atoms with Gasteiger partial charge in [-0.15, -0.1) is 4.40 Å². The quantitative estimate of drug-likeness (QED) is 0.626. The molecule has 1 heterocycles. The lowest BCUT2D eigenvalue weighted by Crippen LogP contribution is -2.16. The first-order chi connectivity index (χ1) is 8.94. The number of rotatable bonds is 3. The highest BCUT2D eigenvalue weighted by Crippen LogP contribution is 2.27. The van der Waals surface area contributed by atoms with Gasteiger partial charge in [0.2, 0.25) is 0 Å². The molecule has 0 saturated carbocycles. The number of nitrogens with two attached hydrogens (primary N) is 1. The van der Waals surface area contributed by atoms with Crippen LogP contribution in [-0.4, -0.2) is 27.3 Å². The molecule has 1 aromatic carbocycles. The van der Waals surface area contributed by atoms with Crippen molar-refractivity contribution in [1.82, 2.24) is 0 Å². The van der Waals surface area contributed by atoms with Crippen LogP contribution in [-0.2, 0) is 14.8 Å². The molecule has 0 amide bonds. The van der Waals surface area contributed by atoms with Gasteiger partial charge in [-0.25, -0.2) is 4.79 Å². The second-order valence-corrected chi connectivity index (χ2v) is 5.11. The minimum absolute atomic E-state index is 0.108. The van der Waals surface area contributed by atoms with Gasteiger partial charge in [0.05, 0.1) is 7.11 Å². The number of sulfonamides is 1. The van der Waals surface area contributed by atoms with Gasteiger partial charge in [-0.05, 0) is 12.1 Å². The van der Waals surface area contributed by atoms with Crippen molar-refractivity contribution in [3.05, 3.63) is 35.2 Å². The number of ether oxygens (including phenoxy) is 2. The summed E-state index contributed by atoms with van der Waals surface area (Å²) in [5.74, 6) is -0.905. The van der Waals surface area contributed by atoms with Gasteiger partial charge < -0.3 is 15.2 Å². The van der Waals surface area contributed by atoms with Gasteiger partial charge in [0.1, 0.15) is 5.84 Å². The highest BCUT2D eigenvalue weighted by Gasteiger charge is 2.31. The molecule has 8 heteroatoms. The van der Waals surface area contributed by atoms with E-state index in [1.54, 1.807) is 18.2 Å². The van der Waals surface area contributed by atoms with Crippen molar-refractivity contribution in [2.75, 3.05) is 7.11 Å². The average Bonchev–Trinajstić information content (AvgIpc) is 2.63. The van der Waals surface area contributed by atoms with Crippen LogP contribution in [0, 0.1) is 0 Å². The molecule has 2 N–H and O–H groups in total. The Morgan fingerprint density at radius 2 is 1.89 bits per heavy atom. The standard InChI is InChI=1S/C11H10N2O5S/c1-17-7-4-2-3-5-8(7)18-11(14)9-6-10(12)13-19(9,15)16/h2-6H,1H3,(H2,12,13). The molecule has 2 rings (SSSR count). The zero-order valence-corrected chi connectivity index (χ0v) is 10.7. The van der Waals surface area contributed by atoms with Gasteiger partial charge in [-0.3, -0.25) is 0 Å². The van der Waals surface area contributed by atoms with Crippen molar-refractivity contribution in [2.45, 2.75) is 0 Å². The summed E-state index contributed by atoms with van der Waals surface area (Å²) < 4.78 is 36.1. The summed E-state index contributed by atoms with van der Waals surface area (Å²) in [7, 11) is -2.66. The van der Waals surface area contributed by atoms with E-state index in [-0.39, 0.29) is 11.6 Å². The summed E-state index contributed by atoms with van der Waals surface area (Å²) in [6.07, 6.45) is 0.951. The molecule has 0 aliphatic carbocycles. The number of amidine groups is 1. The fraction of sp³-hybridized carbons (Fsp3) is 0.0909. The van der Waals surface area contributed by atoms with Crippen molar-refractivity contribution in [1.29, 1.82) is 0 Å². The highest BCUT2D eigenvalue weighted by atomic mass is 32.2. The van der Waals surface area contributed by atoms with E-state index in [1.165, 1.54) is 13.2 Å². The van der Waals surface area contributed by atoms with E-state index in [9.17, 15) is 13.2 Å². The molecule has 0 aromatic heterocycles. The van der Waals surface area contributed by atoms with Crippen LogP contribution >= 0.6 is 0 Å². The van der Waals surface area contributed by atoms with E-state index in [1.807, 2.05) is 0 Å². The Bertz CT molecular complexity index is 691. The summed E-state index contributed by atoms with van der Waals surface area (Å²) in [5.41, 5.74) is 5.25. The molecule has 1 aliphatic rings. The molecule has 100 valence electrons. The van der Waals surface area contributed by atoms with Gasteiger partial charge in [0.15, 0.2) is 16.4 Å². The monoisotopic (exact) mass is 282 g/mol. The highest BCUT2D eigenvalue weighted by molar-refractivity contribution is 7.95. The number of para-hydroxylation sites is 2. The maximum Gasteiger partial charge on any atom is 0.357 e. The lowest BCUT2D eigenvalue weighted by atomic mass is 10.3. The SMILES string of the molecule is COc1ccccc1OC(=O)C1=CC(N)=NS1(=O)=O. The van der Waals surface area contributed by atoms with Crippen LogP contribution in [0.5, 0.6) is 11.5 Å². The van der Waals surface area contributed by atoms with Crippen LogP contribution in [0.15, 0.2) is 39.6 Å². The Morgan fingerprint density at radius 1 is 1.26 bits per heavy atom. The van der Waals surface area contributed by atoms with Crippen LogP contribution < -0.4 is 15.2 Å². The number of esters is 1. The molecule has 1 aliphatic heterocycles. The zero-order chi connectivity index (χ0) is 14.0. The largest absolute Gasteiger partial charge is 0.493 e. The van der Waals surface area contributed by atoms with Crippen LogP contribution in [0.3, 0.4) is 0 Å². The molecule has 1 aromatic rings. The first-order valence-corrected chi connectivity index (χ1v) is 6.55. The predicted molar refractivity (Wildman–Crippen MR) is 67.3 cm³/mol. The second kappa shape index (κ2) is 4.73. The van der Waals surface area contributed by atoms with Gasteiger partial charge in [-0.2, -0.15) is 8.42 Å². The Morgan fingerprint density at radius 3 is 2.42 bits per heavy atom. The Labute approximate surface area is 109 Å². The Hall–Kier alpha value is -2.35. The lowest BCUT2D eigenvalue weighted by molar-refractivity contribution is -0.129. The van der Waals surface area contributed by atoms with Crippen LogP contribution in [0.25, 0.3) is 0 Å². The molecule has 0 radical (unpaired) electrons. The number of hydrogen-bond acceptors (Lipinski definition) is 6. The van der Waals surface area contributed by atoms with E-state index in [0.29, 0.717) is 5.75 Å². The fourth-order valence-corrected chi connectivity index (χ4v) is 2.39. The average molecular weight is 282 g/mol. The summed E-state index contributed by atoms with van der Waals surface area (Å²) >= 11 is 0. The number of benzene rings is 1. The van der Waals surface area contributed by atoms with Crippen LogP contribution in [0.1, 0.15) is 0 Å². The minimum atomic E-state index is -4.07. The molecular weight excluding hydrogens is 272 g/mol. The molecule has 0 saturated heterocycles. The van der Waals surface area contributed by atoms with E-state index in [2.05, 4.69) is 4.40 Å². The van der Waals surface area contributed by atoms with E-state index < -0.39 is 20.9 Å². The summed E-state index contributed by atoms with van der Waals surface area (Å²) in [6.45, 7) is 0. The van der Waals surface area contributed by atoms with E-state index >= 15 is 0 Å². The molecular formula is C11H10N2O5S. The fourth-order valence-electron chi connectivity index (χ4n) is 1.44. The second-order valence-electron chi connectivity index (χ2n) is 3.54. The molecule has 0 bridgehead atoms. The first-order valence-electron chi connectivity index (χ1n) is 5.11. The molecule has 0 spiro atoms. The molecule has 7 nitrogen and oxygen atoms in total. The first kappa shape index (κ1) is 13.1. The minimum Gasteiger partial charge on any atom is -0.493 e. The Balaban J connectivity index is 2.27. The summed E-state index contributed by atoms with van der Waals surface area (Å²) in [4.78, 5) is 11.2. The third kappa shape index (κ3) is 2.58. The summed E-state index contributed by atoms with van der Waals surface area (Å²) in [6, 6.07) is 6.35. The molecule has 0 fully saturated rings. The predicted octanol–water partition coefficient (Wildman–Crippen LogP) is 0.185. The topological polar surface area (TPSA) is 108 Å². The number of methoxy groups -OCH3 is 1. The third-order valence-corrected chi connectivity index (χ3v) is 3.55. The lowest BCUT2D eigenvalue weighted by Gasteiger charge is -2.08. The van der Waals surface area contributed by atoms with Crippen molar-refractivity contribution >= 4 is 21.8 Å².